The van der Waals surface area contributed by atoms with E-state index in [2.05, 4.69) is 5.32 Å². The van der Waals surface area contributed by atoms with Crippen molar-refractivity contribution < 1.29 is 9.90 Å². The predicted molar refractivity (Wildman–Crippen MR) is 66.6 cm³/mol. The summed E-state index contributed by atoms with van der Waals surface area (Å²) in [6.45, 7) is 4.45. The first-order chi connectivity index (χ1) is 8.18. The first kappa shape index (κ1) is 12.8. The van der Waals surface area contributed by atoms with Gasteiger partial charge in [-0.3, -0.25) is 4.79 Å². The first-order valence-corrected chi connectivity index (χ1v) is 6.88. The number of nitrogens with zero attached hydrogens (tertiary/aromatic N) is 1. The summed E-state index contributed by atoms with van der Waals surface area (Å²) in [7, 11) is 0. The van der Waals surface area contributed by atoms with Crippen molar-refractivity contribution in [2.45, 2.75) is 51.2 Å². The van der Waals surface area contributed by atoms with Gasteiger partial charge < -0.3 is 15.3 Å². The number of piperidine rings is 2. The Hall–Kier alpha value is -0.610. The Morgan fingerprint density at radius 2 is 2.00 bits per heavy atom. The van der Waals surface area contributed by atoms with Gasteiger partial charge in [-0.15, -0.1) is 0 Å². The van der Waals surface area contributed by atoms with Gasteiger partial charge in [-0.25, -0.2) is 0 Å². The number of carbonyl (C=O) groups is 1. The molecule has 4 nitrogen and oxygen atoms in total. The summed E-state index contributed by atoms with van der Waals surface area (Å²) in [5.74, 6) is 0.645. The number of rotatable bonds is 2. The fourth-order valence-electron chi connectivity index (χ4n) is 2.89. The van der Waals surface area contributed by atoms with Gasteiger partial charge in [-0.1, -0.05) is 6.42 Å². The third kappa shape index (κ3) is 3.19. The molecule has 0 aliphatic carbocycles. The Balaban J connectivity index is 1.81. The fourth-order valence-corrected chi connectivity index (χ4v) is 2.89. The van der Waals surface area contributed by atoms with Crippen LogP contribution in [0.25, 0.3) is 0 Å². The van der Waals surface area contributed by atoms with Crippen LogP contribution in [0.1, 0.15) is 39.0 Å². The standard InChI is InChI=1S/C13H24N2O2/c1-10(16)11-5-8-15(9-6-11)13(17)12-4-2-3-7-14-12/h10-12,14,16H,2-9H2,1H3/t10-,12+/m0/s1. The molecule has 17 heavy (non-hydrogen) atoms. The minimum Gasteiger partial charge on any atom is -0.393 e. The van der Waals surface area contributed by atoms with Crippen LogP contribution >= 0.6 is 0 Å². The van der Waals surface area contributed by atoms with Crippen LogP contribution in [-0.4, -0.2) is 47.7 Å². The zero-order valence-electron chi connectivity index (χ0n) is 10.7. The highest BCUT2D eigenvalue weighted by atomic mass is 16.3. The quantitative estimate of drug-likeness (QED) is 0.749. The van der Waals surface area contributed by atoms with Crippen LogP contribution in [-0.2, 0) is 4.79 Å². The lowest BCUT2D eigenvalue weighted by Gasteiger charge is -2.36. The van der Waals surface area contributed by atoms with Crippen molar-refractivity contribution in [3.8, 4) is 0 Å². The van der Waals surface area contributed by atoms with Crippen molar-refractivity contribution in [2.75, 3.05) is 19.6 Å². The van der Waals surface area contributed by atoms with Gasteiger partial charge in [0, 0.05) is 13.1 Å². The average Bonchev–Trinajstić information content (AvgIpc) is 2.39. The molecule has 2 N–H and O–H groups in total. The fraction of sp³-hybridized carbons (Fsp3) is 0.923. The maximum absolute atomic E-state index is 12.2. The normalized spacial score (nSPS) is 29.1. The van der Waals surface area contributed by atoms with Gasteiger partial charge in [0.15, 0.2) is 0 Å². The molecule has 2 rings (SSSR count). The van der Waals surface area contributed by atoms with E-state index in [-0.39, 0.29) is 18.1 Å². The minimum atomic E-state index is -0.236. The monoisotopic (exact) mass is 240 g/mol. The van der Waals surface area contributed by atoms with Gasteiger partial charge in [0.25, 0.3) is 0 Å². The second kappa shape index (κ2) is 5.83. The molecular formula is C13H24N2O2. The van der Waals surface area contributed by atoms with Crippen molar-refractivity contribution in [3.05, 3.63) is 0 Å². The molecule has 0 bridgehead atoms. The van der Waals surface area contributed by atoms with Crippen LogP contribution in [0.2, 0.25) is 0 Å². The van der Waals surface area contributed by atoms with Crippen molar-refractivity contribution in [3.63, 3.8) is 0 Å². The van der Waals surface area contributed by atoms with Gasteiger partial charge in [0.05, 0.1) is 12.1 Å². The molecule has 0 unspecified atom stereocenters. The Morgan fingerprint density at radius 1 is 1.29 bits per heavy atom. The number of nitrogens with one attached hydrogen (secondary N) is 1. The van der Waals surface area contributed by atoms with Crippen LogP contribution in [0.5, 0.6) is 0 Å². The van der Waals surface area contributed by atoms with Crippen molar-refractivity contribution in [1.82, 2.24) is 10.2 Å². The summed E-state index contributed by atoms with van der Waals surface area (Å²) in [6.07, 6.45) is 4.98. The maximum Gasteiger partial charge on any atom is 0.239 e. The number of aliphatic hydroxyl groups is 1. The second-order valence-electron chi connectivity index (χ2n) is 5.41. The molecule has 0 aromatic rings. The largest absolute Gasteiger partial charge is 0.393 e. The molecule has 0 saturated carbocycles. The number of hydrogen-bond acceptors (Lipinski definition) is 3. The van der Waals surface area contributed by atoms with Crippen molar-refractivity contribution >= 4 is 5.91 Å². The van der Waals surface area contributed by atoms with Crippen LogP contribution in [0.4, 0.5) is 0 Å². The molecule has 0 radical (unpaired) electrons. The van der Waals surface area contributed by atoms with E-state index < -0.39 is 0 Å². The van der Waals surface area contributed by atoms with Crippen LogP contribution < -0.4 is 5.32 Å². The highest BCUT2D eigenvalue weighted by molar-refractivity contribution is 5.82. The topological polar surface area (TPSA) is 52.6 Å². The lowest BCUT2D eigenvalue weighted by atomic mass is 9.91. The lowest BCUT2D eigenvalue weighted by molar-refractivity contribution is -0.136. The molecule has 0 aromatic heterocycles. The molecule has 0 spiro atoms. The van der Waals surface area contributed by atoms with Gasteiger partial charge in [-0.2, -0.15) is 0 Å². The second-order valence-corrected chi connectivity index (χ2v) is 5.41. The molecule has 2 atom stereocenters. The zero-order valence-corrected chi connectivity index (χ0v) is 10.7. The Labute approximate surface area is 103 Å². The summed E-state index contributed by atoms with van der Waals surface area (Å²) in [5.41, 5.74) is 0. The summed E-state index contributed by atoms with van der Waals surface area (Å²) < 4.78 is 0. The minimum absolute atomic E-state index is 0.0480. The summed E-state index contributed by atoms with van der Waals surface area (Å²) >= 11 is 0. The molecule has 2 heterocycles. The molecule has 2 fully saturated rings. The highest BCUT2D eigenvalue weighted by Crippen LogP contribution is 2.21. The third-order valence-electron chi connectivity index (χ3n) is 4.14. The van der Waals surface area contributed by atoms with Gasteiger partial charge in [0.1, 0.15) is 0 Å². The number of likely N-dealkylation sites (tertiary alicyclic amines) is 1. The van der Waals surface area contributed by atoms with Crippen LogP contribution in [0.3, 0.4) is 0 Å². The molecule has 98 valence electrons. The van der Waals surface area contributed by atoms with Gasteiger partial charge >= 0.3 is 0 Å². The lowest BCUT2D eigenvalue weighted by Crippen LogP contribution is -2.51. The van der Waals surface area contributed by atoms with E-state index in [1.165, 1.54) is 6.42 Å². The third-order valence-corrected chi connectivity index (χ3v) is 4.14. The summed E-state index contributed by atoms with van der Waals surface area (Å²) in [4.78, 5) is 14.2. The van der Waals surface area contributed by atoms with E-state index in [9.17, 15) is 9.90 Å². The number of carbonyl (C=O) groups excluding carboxylic acids is 1. The zero-order chi connectivity index (χ0) is 12.3. The number of amides is 1. The van der Waals surface area contributed by atoms with E-state index in [0.717, 1.165) is 45.3 Å². The Kier molecular flexibility index (Phi) is 4.40. The van der Waals surface area contributed by atoms with E-state index in [1.54, 1.807) is 0 Å². The predicted octanol–water partition coefficient (Wildman–Crippen LogP) is 0.748. The molecule has 0 aromatic carbocycles. The Morgan fingerprint density at radius 3 is 2.53 bits per heavy atom. The molecule has 1 amide bonds. The maximum atomic E-state index is 12.2. The number of hydrogen-bond donors (Lipinski definition) is 2. The molecule has 4 heteroatoms. The summed E-state index contributed by atoms with van der Waals surface area (Å²) in [5, 5.41) is 12.8. The molecular weight excluding hydrogens is 216 g/mol. The van der Waals surface area contributed by atoms with Gasteiger partial charge in [0.2, 0.25) is 5.91 Å². The highest BCUT2D eigenvalue weighted by Gasteiger charge is 2.29. The SMILES string of the molecule is C[C@H](O)C1CCN(C(=O)[C@H]2CCCCN2)CC1. The van der Waals surface area contributed by atoms with Crippen LogP contribution in [0.15, 0.2) is 0 Å². The van der Waals surface area contributed by atoms with Crippen LogP contribution in [0, 0.1) is 5.92 Å². The molecule has 2 aliphatic heterocycles. The van der Waals surface area contributed by atoms with Crippen molar-refractivity contribution in [1.29, 1.82) is 0 Å². The van der Waals surface area contributed by atoms with Crippen molar-refractivity contribution in [2.24, 2.45) is 5.92 Å². The number of aliphatic hydroxyl groups excluding tert-OH is 1. The van der Waals surface area contributed by atoms with Gasteiger partial charge in [-0.05, 0) is 45.1 Å². The van der Waals surface area contributed by atoms with E-state index in [1.807, 2.05) is 11.8 Å². The average molecular weight is 240 g/mol. The first-order valence-electron chi connectivity index (χ1n) is 6.88. The molecule has 2 saturated heterocycles. The van der Waals surface area contributed by atoms with E-state index in [0.29, 0.717) is 5.92 Å². The summed E-state index contributed by atoms with van der Waals surface area (Å²) in [6, 6.07) is 0.0480. The van der Waals surface area contributed by atoms with E-state index >= 15 is 0 Å². The Bertz CT molecular complexity index is 254. The smallest absolute Gasteiger partial charge is 0.239 e. The van der Waals surface area contributed by atoms with E-state index in [4.69, 9.17) is 0 Å². The molecule has 2 aliphatic rings.